The summed E-state index contributed by atoms with van der Waals surface area (Å²) >= 11 is 0. The third-order valence-corrected chi connectivity index (χ3v) is 2.84. The van der Waals surface area contributed by atoms with Crippen molar-refractivity contribution >= 4 is 11.9 Å². The molecule has 0 aliphatic rings. The summed E-state index contributed by atoms with van der Waals surface area (Å²) < 4.78 is 19.8. The largest absolute Gasteiger partial charge is 0.493 e. The van der Waals surface area contributed by atoms with Gasteiger partial charge >= 0.3 is 11.9 Å². The Morgan fingerprint density at radius 2 is 1.00 bits per heavy atom. The molecule has 2 aromatic carbocycles. The van der Waals surface area contributed by atoms with Gasteiger partial charge in [0, 0.05) is 21.1 Å². The third-order valence-electron chi connectivity index (χ3n) is 2.84. The van der Waals surface area contributed by atoms with E-state index in [4.69, 9.17) is 29.2 Å². The Morgan fingerprint density at radius 3 is 1.26 bits per heavy atom. The molecule has 2 rings (SSSR count). The average molecular weight is 559 g/mol. The zero-order valence-electron chi connectivity index (χ0n) is 14.7. The van der Waals surface area contributed by atoms with Crippen molar-refractivity contribution in [1.82, 2.24) is 0 Å². The van der Waals surface area contributed by atoms with Gasteiger partial charge in [-0.1, -0.05) is 24.3 Å². The van der Waals surface area contributed by atoms with E-state index in [0.717, 1.165) is 0 Å². The van der Waals surface area contributed by atoms with E-state index < -0.39 is 11.9 Å². The molecule has 0 aliphatic heterocycles. The van der Waals surface area contributed by atoms with E-state index in [-0.39, 0.29) is 34.3 Å². The predicted octanol–water partition coefficient (Wildman–Crippen LogP) is 2.31. The van der Waals surface area contributed by atoms with Crippen LogP contribution in [-0.2, 0) is 30.7 Å². The Hall–Kier alpha value is -2.73. The van der Waals surface area contributed by atoms with E-state index in [2.05, 4.69) is 0 Å². The minimum Gasteiger partial charge on any atom is -0.493 e. The first-order chi connectivity index (χ1) is 12.5. The molecule has 0 amide bonds. The van der Waals surface area contributed by atoms with E-state index in [0.29, 0.717) is 23.0 Å². The average Bonchev–Trinajstić information content (AvgIpc) is 2.65. The van der Waals surface area contributed by atoms with Gasteiger partial charge in [0.25, 0.3) is 0 Å². The van der Waals surface area contributed by atoms with Crippen molar-refractivity contribution in [2.75, 3.05) is 27.4 Å². The van der Waals surface area contributed by atoms with Gasteiger partial charge in [-0.25, -0.2) is 9.59 Å². The summed E-state index contributed by atoms with van der Waals surface area (Å²) in [5.41, 5.74) is 0. The van der Waals surface area contributed by atoms with Crippen LogP contribution in [0.3, 0.4) is 0 Å². The monoisotopic (exact) mass is 559 g/mol. The molecule has 0 aliphatic carbocycles. The number of para-hydroxylation sites is 4. The number of carboxylic acids is 2. The molecule has 0 unspecified atom stereocenters. The fourth-order valence-electron chi connectivity index (χ4n) is 1.76. The maximum absolute atomic E-state index is 10.2. The van der Waals surface area contributed by atoms with Crippen molar-refractivity contribution < 1.29 is 59.8 Å². The molecule has 0 atom stereocenters. The van der Waals surface area contributed by atoms with Gasteiger partial charge in [0.05, 0.1) is 14.2 Å². The number of benzene rings is 2. The Labute approximate surface area is 170 Å². The minimum absolute atomic E-state index is 0. The summed E-state index contributed by atoms with van der Waals surface area (Å²) in [7, 11) is 3.01. The molecule has 27 heavy (non-hydrogen) atoms. The summed E-state index contributed by atoms with van der Waals surface area (Å²) in [4.78, 5) is 20.4. The van der Waals surface area contributed by atoms with E-state index in [1.54, 1.807) is 48.5 Å². The number of hydrogen-bond donors (Lipinski definition) is 2. The Morgan fingerprint density at radius 1 is 0.704 bits per heavy atom. The fourth-order valence-corrected chi connectivity index (χ4v) is 1.76. The molecule has 2 N–H and O–H groups in total. The summed E-state index contributed by atoms with van der Waals surface area (Å²) in [6.07, 6.45) is 0. The van der Waals surface area contributed by atoms with Crippen LogP contribution in [-0.4, -0.2) is 49.6 Å². The van der Waals surface area contributed by atoms with Crippen molar-refractivity contribution in [1.29, 1.82) is 0 Å². The Bertz CT molecular complexity index is 659. The molecule has 0 saturated heterocycles. The van der Waals surface area contributed by atoms with Gasteiger partial charge in [0.1, 0.15) is 0 Å². The summed E-state index contributed by atoms with van der Waals surface area (Å²) in [6, 6.07) is 13.8. The topological polar surface area (TPSA) is 112 Å². The van der Waals surface area contributed by atoms with Gasteiger partial charge in [-0.2, -0.15) is 0 Å². The molecule has 0 heterocycles. The van der Waals surface area contributed by atoms with Crippen LogP contribution < -0.4 is 18.9 Å². The van der Waals surface area contributed by atoms with Crippen molar-refractivity contribution in [3.8, 4) is 23.0 Å². The molecule has 8 nitrogen and oxygen atoms in total. The van der Waals surface area contributed by atoms with Crippen molar-refractivity contribution in [3.63, 3.8) is 0 Å². The van der Waals surface area contributed by atoms with Crippen LogP contribution in [0.25, 0.3) is 0 Å². The van der Waals surface area contributed by atoms with Crippen LogP contribution in [0.1, 0.15) is 0 Å². The van der Waals surface area contributed by atoms with E-state index in [1.165, 1.54) is 14.2 Å². The smallest absolute Gasteiger partial charge is 0.341 e. The van der Waals surface area contributed by atoms with Gasteiger partial charge in [0.2, 0.25) is 0 Å². The second kappa shape index (κ2) is 13.5. The molecule has 0 bridgehead atoms. The van der Waals surface area contributed by atoms with Crippen LogP contribution >= 0.6 is 0 Å². The fraction of sp³-hybridized carbons (Fsp3) is 0.222. The number of methoxy groups -OCH3 is 2. The van der Waals surface area contributed by atoms with E-state index >= 15 is 0 Å². The van der Waals surface area contributed by atoms with Crippen LogP contribution in [0.2, 0.25) is 0 Å². The number of rotatable bonds is 8. The molecule has 0 fully saturated rings. The molecule has 0 spiro atoms. The molecule has 0 aromatic heterocycles. The zero-order chi connectivity index (χ0) is 19.4. The second-order valence-corrected chi connectivity index (χ2v) is 4.67. The zero-order valence-corrected chi connectivity index (χ0v) is 17.0. The molecular weight excluding hydrogens is 539 g/mol. The first-order valence-corrected chi connectivity index (χ1v) is 7.43. The second-order valence-electron chi connectivity index (χ2n) is 4.67. The van der Waals surface area contributed by atoms with Gasteiger partial charge in [-0.05, 0) is 24.3 Å². The summed E-state index contributed by atoms with van der Waals surface area (Å²) in [5, 5.41) is 16.7. The Kier molecular flexibility index (Phi) is 12.1. The molecule has 9 heteroatoms. The van der Waals surface area contributed by atoms with Crippen LogP contribution in [0, 0.1) is 0 Å². The minimum atomic E-state index is -1.01. The van der Waals surface area contributed by atoms with Crippen LogP contribution in [0.15, 0.2) is 48.5 Å². The maximum atomic E-state index is 10.2. The predicted molar refractivity (Wildman–Crippen MR) is 92.2 cm³/mol. The van der Waals surface area contributed by atoms with Crippen molar-refractivity contribution in [2.45, 2.75) is 0 Å². The maximum Gasteiger partial charge on any atom is 0.341 e. The molecule has 0 radical (unpaired) electrons. The van der Waals surface area contributed by atoms with Gasteiger partial charge in [-0.3, -0.25) is 0 Å². The molecule has 0 saturated carbocycles. The number of carboxylic acid groups (broad SMARTS) is 2. The first kappa shape index (κ1) is 24.3. The number of carbonyl (C=O) groups is 2. The number of hydrogen-bond acceptors (Lipinski definition) is 6. The van der Waals surface area contributed by atoms with Crippen LogP contribution in [0.4, 0.5) is 0 Å². The van der Waals surface area contributed by atoms with Crippen molar-refractivity contribution in [2.24, 2.45) is 0 Å². The third kappa shape index (κ3) is 9.51. The van der Waals surface area contributed by atoms with Crippen LogP contribution in [0.5, 0.6) is 23.0 Å². The van der Waals surface area contributed by atoms with E-state index in [1.807, 2.05) is 0 Å². The molecule has 2 aromatic rings. The van der Waals surface area contributed by atoms with Gasteiger partial charge in [0.15, 0.2) is 36.2 Å². The first-order valence-electron chi connectivity index (χ1n) is 7.43. The number of ether oxygens (including phenoxy) is 4. The summed E-state index contributed by atoms with van der Waals surface area (Å²) in [5.74, 6) is -0.0795. The summed E-state index contributed by atoms with van der Waals surface area (Å²) in [6.45, 7) is -0.721. The SMILES string of the molecule is COc1ccccc1OCC(=O)O.COc1ccccc1OCC(=O)O.[Pt]. The Balaban J connectivity index is 0.000000483. The quantitative estimate of drug-likeness (QED) is 0.507. The van der Waals surface area contributed by atoms with Gasteiger partial charge in [-0.15, -0.1) is 0 Å². The van der Waals surface area contributed by atoms with Crippen molar-refractivity contribution in [3.05, 3.63) is 48.5 Å². The number of aliphatic carboxylic acids is 2. The standard InChI is InChI=1S/2C9H10O4.Pt/c2*1-12-7-4-2-3-5-8(7)13-6-9(10)11;/h2*2-5H,6H2,1H3,(H,10,11);. The van der Waals surface area contributed by atoms with E-state index in [9.17, 15) is 9.59 Å². The molecular formula is C18H20O8Pt. The van der Waals surface area contributed by atoms with Gasteiger partial charge < -0.3 is 29.2 Å². The normalized spacial score (nSPS) is 8.96. The molecule has 150 valence electrons.